The second-order valence-corrected chi connectivity index (χ2v) is 8.11. The minimum atomic E-state index is -1.09. The molecule has 4 rings (SSSR count). The van der Waals surface area contributed by atoms with Crippen LogP contribution < -0.4 is 10.6 Å². The molecule has 2 amide bonds. The fourth-order valence-corrected chi connectivity index (χ4v) is 4.24. The first-order chi connectivity index (χ1) is 16.5. The Kier molecular flexibility index (Phi) is 7.22. The summed E-state index contributed by atoms with van der Waals surface area (Å²) < 4.78 is 5.50. The molecule has 0 unspecified atom stereocenters. The second-order valence-electron chi connectivity index (χ2n) is 8.11. The summed E-state index contributed by atoms with van der Waals surface area (Å²) in [5, 5.41) is 14.5. The molecular formula is C27H26N2O5. The highest BCUT2D eigenvalue weighted by atomic mass is 16.5. The van der Waals surface area contributed by atoms with E-state index < -0.39 is 12.1 Å². The van der Waals surface area contributed by atoms with Crippen molar-refractivity contribution in [3.63, 3.8) is 0 Å². The van der Waals surface area contributed by atoms with Gasteiger partial charge in [-0.1, -0.05) is 60.7 Å². The number of amides is 2. The van der Waals surface area contributed by atoms with Crippen LogP contribution in [-0.2, 0) is 9.53 Å². The zero-order valence-corrected chi connectivity index (χ0v) is 18.6. The molecule has 7 nitrogen and oxygen atoms in total. The fourth-order valence-electron chi connectivity index (χ4n) is 4.24. The molecule has 3 N–H and O–H groups in total. The number of carbonyl (C=O) groups excluding carboxylic acids is 2. The van der Waals surface area contributed by atoms with Crippen LogP contribution in [0.2, 0.25) is 0 Å². The predicted molar refractivity (Wildman–Crippen MR) is 129 cm³/mol. The molecule has 1 aliphatic carbocycles. The number of hydrogen-bond donors (Lipinski definition) is 3. The number of fused-ring (bicyclic) bond motifs is 3. The largest absolute Gasteiger partial charge is 0.478 e. The van der Waals surface area contributed by atoms with Crippen molar-refractivity contribution < 1.29 is 24.2 Å². The minimum Gasteiger partial charge on any atom is -0.478 e. The van der Waals surface area contributed by atoms with Crippen molar-refractivity contribution in [2.75, 3.05) is 18.5 Å². The van der Waals surface area contributed by atoms with E-state index in [2.05, 4.69) is 34.9 Å². The van der Waals surface area contributed by atoms with Gasteiger partial charge in [0.1, 0.15) is 6.61 Å². The zero-order valence-electron chi connectivity index (χ0n) is 18.6. The van der Waals surface area contributed by atoms with Gasteiger partial charge in [-0.25, -0.2) is 9.59 Å². The molecule has 0 atom stereocenters. The van der Waals surface area contributed by atoms with Crippen LogP contribution in [0.5, 0.6) is 0 Å². The van der Waals surface area contributed by atoms with Crippen LogP contribution in [0.25, 0.3) is 11.1 Å². The highest BCUT2D eigenvalue weighted by Crippen LogP contribution is 2.44. The lowest BCUT2D eigenvalue weighted by Gasteiger charge is -2.14. The topological polar surface area (TPSA) is 105 Å². The first-order valence-corrected chi connectivity index (χ1v) is 11.3. The fraction of sp³-hybridized carbons (Fsp3) is 0.222. The number of rotatable bonds is 9. The zero-order chi connectivity index (χ0) is 23.9. The Morgan fingerprint density at radius 1 is 0.824 bits per heavy atom. The maximum Gasteiger partial charge on any atom is 0.407 e. The van der Waals surface area contributed by atoms with Gasteiger partial charge in [0, 0.05) is 18.9 Å². The molecule has 0 spiro atoms. The van der Waals surface area contributed by atoms with Gasteiger partial charge in [0.2, 0.25) is 5.91 Å². The molecular weight excluding hydrogens is 432 g/mol. The van der Waals surface area contributed by atoms with Gasteiger partial charge in [-0.15, -0.1) is 0 Å². The van der Waals surface area contributed by atoms with Crippen LogP contribution in [0.4, 0.5) is 10.5 Å². The highest BCUT2D eigenvalue weighted by molar-refractivity contribution is 6.00. The number of nitrogens with one attached hydrogen (secondary N) is 2. The van der Waals surface area contributed by atoms with E-state index in [0.29, 0.717) is 19.4 Å². The second kappa shape index (κ2) is 10.7. The lowest BCUT2D eigenvalue weighted by atomic mass is 9.98. The first-order valence-electron chi connectivity index (χ1n) is 11.3. The van der Waals surface area contributed by atoms with E-state index in [4.69, 9.17) is 4.74 Å². The van der Waals surface area contributed by atoms with Crippen LogP contribution in [0.15, 0.2) is 72.8 Å². The number of anilines is 1. The van der Waals surface area contributed by atoms with E-state index in [0.717, 1.165) is 11.1 Å². The molecule has 0 aliphatic heterocycles. The lowest BCUT2D eigenvalue weighted by Crippen LogP contribution is -2.27. The summed E-state index contributed by atoms with van der Waals surface area (Å²) >= 11 is 0. The molecule has 1 aliphatic rings. The molecule has 7 heteroatoms. The van der Waals surface area contributed by atoms with Crippen molar-refractivity contribution in [2.45, 2.75) is 25.2 Å². The van der Waals surface area contributed by atoms with E-state index in [1.807, 2.05) is 24.3 Å². The number of ether oxygens (including phenoxy) is 1. The van der Waals surface area contributed by atoms with E-state index in [1.54, 1.807) is 18.2 Å². The number of hydrogen-bond acceptors (Lipinski definition) is 4. The van der Waals surface area contributed by atoms with Crippen molar-refractivity contribution in [1.29, 1.82) is 0 Å². The molecule has 174 valence electrons. The van der Waals surface area contributed by atoms with E-state index in [-0.39, 0.29) is 36.1 Å². The average molecular weight is 459 g/mol. The van der Waals surface area contributed by atoms with Gasteiger partial charge in [-0.05, 0) is 47.2 Å². The molecule has 0 bridgehead atoms. The van der Waals surface area contributed by atoms with Gasteiger partial charge in [0.05, 0.1) is 11.3 Å². The van der Waals surface area contributed by atoms with Crippen LogP contribution >= 0.6 is 0 Å². The van der Waals surface area contributed by atoms with Gasteiger partial charge in [-0.2, -0.15) is 0 Å². The Hall–Kier alpha value is -4.13. The normalized spacial score (nSPS) is 11.9. The summed E-state index contributed by atoms with van der Waals surface area (Å²) in [6, 6.07) is 22.6. The lowest BCUT2D eigenvalue weighted by molar-refractivity contribution is -0.116. The SMILES string of the molecule is O=C(CCCCNC(=O)OCC1c2ccccc2-c2ccccc21)Nc1ccccc1C(=O)O. The summed E-state index contributed by atoms with van der Waals surface area (Å²) in [7, 11) is 0. The van der Waals surface area contributed by atoms with Crippen LogP contribution in [-0.4, -0.2) is 36.2 Å². The number of para-hydroxylation sites is 1. The molecule has 0 radical (unpaired) electrons. The molecule has 34 heavy (non-hydrogen) atoms. The molecule has 0 saturated heterocycles. The number of carboxylic acid groups (broad SMARTS) is 1. The van der Waals surface area contributed by atoms with Gasteiger partial charge < -0.3 is 20.5 Å². The number of alkyl carbamates (subject to hydrolysis) is 1. The molecule has 3 aromatic rings. The number of aromatic carboxylic acids is 1. The van der Waals surface area contributed by atoms with Crippen molar-refractivity contribution in [3.05, 3.63) is 89.5 Å². The Morgan fingerprint density at radius 2 is 1.44 bits per heavy atom. The summed E-state index contributed by atoms with van der Waals surface area (Å²) in [5.41, 5.74) is 5.00. The maximum absolute atomic E-state index is 12.2. The number of unbranched alkanes of at least 4 members (excludes halogenated alkanes) is 1. The quantitative estimate of drug-likeness (QED) is 0.390. The van der Waals surface area contributed by atoms with Crippen molar-refractivity contribution >= 4 is 23.7 Å². The Morgan fingerprint density at radius 3 is 2.12 bits per heavy atom. The van der Waals surface area contributed by atoms with E-state index in [1.165, 1.54) is 17.2 Å². The smallest absolute Gasteiger partial charge is 0.407 e. The van der Waals surface area contributed by atoms with Crippen molar-refractivity contribution in [2.24, 2.45) is 0 Å². The molecule has 0 fully saturated rings. The summed E-state index contributed by atoms with van der Waals surface area (Å²) in [6.07, 6.45) is 0.880. The predicted octanol–water partition coefficient (Wildman–Crippen LogP) is 5.03. The average Bonchev–Trinajstić information content (AvgIpc) is 3.16. The van der Waals surface area contributed by atoms with Crippen LogP contribution in [0, 0.1) is 0 Å². The third-order valence-electron chi connectivity index (χ3n) is 5.88. The Balaban J connectivity index is 1.18. The summed E-state index contributed by atoms with van der Waals surface area (Å²) in [4.78, 5) is 35.5. The first kappa shape index (κ1) is 23.0. The Bertz CT molecular complexity index is 1160. The highest BCUT2D eigenvalue weighted by Gasteiger charge is 2.28. The number of carboxylic acids is 1. The van der Waals surface area contributed by atoms with Crippen molar-refractivity contribution in [1.82, 2.24) is 5.32 Å². The van der Waals surface area contributed by atoms with Gasteiger partial charge in [0.25, 0.3) is 0 Å². The third-order valence-corrected chi connectivity index (χ3v) is 5.88. The third kappa shape index (κ3) is 5.26. The monoisotopic (exact) mass is 458 g/mol. The summed E-state index contributed by atoms with van der Waals surface area (Å²) in [5.74, 6) is -1.35. The maximum atomic E-state index is 12.2. The van der Waals surface area contributed by atoms with Crippen LogP contribution in [0.1, 0.15) is 46.7 Å². The van der Waals surface area contributed by atoms with Crippen molar-refractivity contribution in [3.8, 4) is 11.1 Å². The molecule has 0 heterocycles. The summed E-state index contributed by atoms with van der Waals surface area (Å²) in [6.45, 7) is 0.640. The molecule has 3 aromatic carbocycles. The minimum absolute atomic E-state index is 0.00975. The van der Waals surface area contributed by atoms with Gasteiger partial charge in [-0.3, -0.25) is 4.79 Å². The number of carbonyl (C=O) groups is 3. The van der Waals surface area contributed by atoms with Gasteiger partial charge in [0.15, 0.2) is 0 Å². The number of benzene rings is 3. The molecule has 0 saturated carbocycles. The van der Waals surface area contributed by atoms with Crippen LogP contribution in [0.3, 0.4) is 0 Å². The van der Waals surface area contributed by atoms with Gasteiger partial charge >= 0.3 is 12.1 Å². The standard InChI is InChI=1S/C27H26N2O5/c30-25(29-24-14-6-5-13-22(24)26(31)32)15-7-8-16-28-27(33)34-17-23-20-11-3-1-9-18(20)19-10-2-4-12-21(19)23/h1-6,9-14,23H,7-8,15-17H2,(H,28,33)(H,29,30)(H,31,32). The van der Waals surface area contributed by atoms with E-state index >= 15 is 0 Å². The molecule has 0 aromatic heterocycles. The van der Waals surface area contributed by atoms with E-state index in [9.17, 15) is 19.5 Å². The Labute approximate surface area is 197 Å².